The second-order valence-electron chi connectivity index (χ2n) is 9.38. The summed E-state index contributed by atoms with van der Waals surface area (Å²) in [5, 5.41) is 7.49. The number of hydrogen-bond acceptors (Lipinski definition) is 7. The van der Waals surface area contributed by atoms with E-state index in [1.807, 2.05) is 36.4 Å². The molecule has 1 heterocycles. The maximum atomic E-state index is 12.8. The van der Waals surface area contributed by atoms with Gasteiger partial charge in [-0.2, -0.15) is 0 Å². The molecular formula is C29H37N5O3. The lowest BCUT2D eigenvalue weighted by Gasteiger charge is -2.26. The number of hydrogen-bond donors (Lipinski definition) is 2. The summed E-state index contributed by atoms with van der Waals surface area (Å²) in [4.78, 5) is 23.6. The monoisotopic (exact) mass is 503 g/mol. The molecular weight excluding hydrogens is 466 g/mol. The summed E-state index contributed by atoms with van der Waals surface area (Å²) in [5.74, 6) is 0.799. The van der Waals surface area contributed by atoms with Crippen molar-refractivity contribution in [3.8, 4) is 5.75 Å². The zero-order valence-electron chi connectivity index (χ0n) is 21.9. The molecule has 196 valence electrons. The average molecular weight is 504 g/mol. The Balaban J connectivity index is 1.50. The molecule has 37 heavy (non-hydrogen) atoms. The lowest BCUT2D eigenvalue weighted by Crippen LogP contribution is -2.38. The first kappa shape index (κ1) is 26.7. The Labute approximate surface area is 219 Å². The van der Waals surface area contributed by atoms with E-state index in [-0.39, 0.29) is 18.2 Å². The first-order valence-electron chi connectivity index (χ1n) is 13.0. The van der Waals surface area contributed by atoms with E-state index in [9.17, 15) is 4.79 Å². The molecule has 1 saturated carbocycles. The van der Waals surface area contributed by atoms with Crippen molar-refractivity contribution in [3.63, 3.8) is 0 Å². The Kier molecular flexibility index (Phi) is 9.59. The second kappa shape index (κ2) is 13.3. The molecule has 1 aromatic heterocycles. The summed E-state index contributed by atoms with van der Waals surface area (Å²) in [7, 11) is 1.69. The van der Waals surface area contributed by atoms with Gasteiger partial charge in [-0.15, -0.1) is 0 Å². The van der Waals surface area contributed by atoms with Gasteiger partial charge in [-0.3, -0.25) is 15.0 Å². The molecule has 0 radical (unpaired) electrons. The highest BCUT2D eigenvalue weighted by Gasteiger charge is 2.34. The fourth-order valence-corrected chi connectivity index (χ4v) is 4.17. The largest absolute Gasteiger partial charge is 0.473 e. The Hall–Kier alpha value is -3.33. The third-order valence-electron chi connectivity index (χ3n) is 6.57. The zero-order chi connectivity index (χ0) is 26.0. The number of rotatable bonds is 14. The van der Waals surface area contributed by atoms with E-state index in [0.717, 1.165) is 36.8 Å². The van der Waals surface area contributed by atoms with Gasteiger partial charge in [0.25, 0.3) is 0 Å². The van der Waals surface area contributed by atoms with Crippen LogP contribution in [0.3, 0.4) is 0 Å². The molecule has 0 spiro atoms. The van der Waals surface area contributed by atoms with Crippen LogP contribution >= 0.6 is 0 Å². The molecule has 1 amide bonds. The number of carbonyl (C=O) groups is 1. The highest BCUT2D eigenvalue weighted by Crippen LogP contribution is 2.38. The normalized spacial score (nSPS) is 15.2. The lowest BCUT2D eigenvalue weighted by atomic mass is 10.1. The van der Waals surface area contributed by atoms with E-state index >= 15 is 0 Å². The summed E-state index contributed by atoms with van der Waals surface area (Å²) >= 11 is 0. The fourth-order valence-electron chi connectivity index (χ4n) is 4.17. The molecule has 2 aromatic carbocycles. The molecule has 4 rings (SSSR count). The van der Waals surface area contributed by atoms with E-state index in [4.69, 9.17) is 9.47 Å². The number of benzene rings is 2. The van der Waals surface area contributed by atoms with Crippen LogP contribution in [0.25, 0.3) is 10.9 Å². The van der Waals surface area contributed by atoms with E-state index in [2.05, 4.69) is 51.5 Å². The number of anilines is 1. The minimum Gasteiger partial charge on any atom is -0.473 e. The molecule has 1 fully saturated rings. The Morgan fingerprint density at radius 2 is 2.05 bits per heavy atom. The minimum absolute atomic E-state index is 0.121. The molecule has 2 atom stereocenters. The van der Waals surface area contributed by atoms with Crippen LogP contribution in [-0.4, -0.2) is 60.4 Å². The van der Waals surface area contributed by atoms with Gasteiger partial charge >= 0.3 is 0 Å². The predicted molar refractivity (Wildman–Crippen MR) is 146 cm³/mol. The second-order valence-corrected chi connectivity index (χ2v) is 9.38. The lowest BCUT2D eigenvalue weighted by molar-refractivity contribution is -0.111. The number of ether oxygens (including phenoxy) is 2. The van der Waals surface area contributed by atoms with Gasteiger partial charge in [-0.1, -0.05) is 43.3 Å². The van der Waals surface area contributed by atoms with Crippen molar-refractivity contribution in [2.75, 3.05) is 38.7 Å². The molecule has 1 unspecified atom stereocenters. The van der Waals surface area contributed by atoms with E-state index in [1.54, 1.807) is 19.4 Å². The number of nitrogens with one attached hydrogen (secondary N) is 2. The molecule has 8 heteroatoms. The van der Waals surface area contributed by atoms with E-state index in [1.165, 1.54) is 11.9 Å². The van der Waals surface area contributed by atoms with Crippen LogP contribution < -0.4 is 15.4 Å². The van der Waals surface area contributed by atoms with Gasteiger partial charge in [0.15, 0.2) is 6.23 Å². The summed E-state index contributed by atoms with van der Waals surface area (Å²) < 4.78 is 11.7. The number of carbonyl (C=O) groups excluding carboxylic acids is 1. The van der Waals surface area contributed by atoms with Gasteiger partial charge < -0.3 is 14.8 Å². The zero-order valence-corrected chi connectivity index (χ0v) is 21.9. The molecule has 1 aliphatic rings. The Morgan fingerprint density at radius 3 is 2.78 bits per heavy atom. The third kappa shape index (κ3) is 7.82. The van der Waals surface area contributed by atoms with Crippen LogP contribution in [0.1, 0.15) is 38.3 Å². The predicted octanol–water partition coefficient (Wildman–Crippen LogP) is 4.56. The number of likely N-dealkylation sites (N-methyl/N-ethyl adjacent to an activating group) is 1. The van der Waals surface area contributed by atoms with Crippen LogP contribution in [0, 0.1) is 5.92 Å². The molecule has 2 N–H and O–H groups in total. The van der Waals surface area contributed by atoms with Crippen LogP contribution in [0.5, 0.6) is 5.75 Å². The van der Waals surface area contributed by atoms with Crippen LogP contribution in [-0.2, 0) is 9.53 Å². The first-order chi connectivity index (χ1) is 18.1. The summed E-state index contributed by atoms with van der Waals surface area (Å²) in [6.45, 7) is 7.27. The summed E-state index contributed by atoms with van der Waals surface area (Å²) in [6.07, 6.45) is 8.73. The van der Waals surface area contributed by atoms with Gasteiger partial charge in [0, 0.05) is 55.9 Å². The highest BCUT2D eigenvalue weighted by molar-refractivity contribution is 6.02. The smallest absolute Gasteiger partial charge is 0.248 e. The van der Waals surface area contributed by atoms with E-state index < -0.39 is 0 Å². The maximum absolute atomic E-state index is 12.8. The number of amides is 1. The number of aromatic nitrogens is 2. The fraction of sp³-hybridized carbons (Fsp3) is 0.414. The van der Waals surface area contributed by atoms with Crippen LogP contribution in [0.2, 0.25) is 0 Å². The van der Waals surface area contributed by atoms with Crippen LogP contribution in [0.15, 0.2) is 67.1 Å². The van der Waals surface area contributed by atoms with Gasteiger partial charge in [0.2, 0.25) is 5.91 Å². The van der Waals surface area contributed by atoms with Gasteiger partial charge in [-0.25, -0.2) is 9.97 Å². The average Bonchev–Trinajstić information content (AvgIpc) is 3.76. The Morgan fingerprint density at radius 1 is 1.24 bits per heavy atom. The molecule has 0 saturated heterocycles. The first-order valence-corrected chi connectivity index (χ1v) is 13.0. The third-order valence-corrected chi connectivity index (χ3v) is 6.57. The van der Waals surface area contributed by atoms with Crippen molar-refractivity contribution in [1.29, 1.82) is 0 Å². The van der Waals surface area contributed by atoms with Crippen molar-refractivity contribution in [3.05, 3.63) is 72.7 Å². The molecule has 8 nitrogen and oxygen atoms in total. The molecule has 0 aliphatic heterocycles. The molecule has 1 aliphatic carbocycles. The topological polar surface area (TPSA) is 88.6 Å². The highest BCUT2D eigenvalue weighted by atomic mass is 16.5. The van der Waals surface area contributed by atoms with Gasteiger partial charge in [0.1, 0.15) is 12.1 Å². The quantitative estimate of drug-likeness (QED) is 0.246. The van der Waals surface area contributed by atoms with Gasteiger partial charge in [-0.05, 0) is 37.9 Å². The van der Waals surface area contributed by atoms with Crippen molar-refractivity contribution in [2.45, 2.75) is 39.0 Å². The Bertz CT molecular complexity index is 1180. The van der Waals surface area contributed by atoms with Crippen molar-refractivity contribution in [1.82, 2.24) is 20.2 Å². The van der Waals surface area contributed by atoms with Crippen LogP contribution in [0.4, 0.5) is 5.69 Å². The van der Waals surface area contributed by atoms with Gasteiger partial charge in [0.05, 0.1) is 17.8 Å². The SMILES string of the molecule is CCN(CC=CC(=O)Nc1cc2cncnc2cc1OC(N[C@H](C)c1ccccc1)C1CC1)CCOC. The minimum atomic E-state index is -0.211. The number of fused-ring (bicyclic) bond motifs is 1. The summed E-state index contributed by atoms with van der Waals surface area (Å²) in [5.41, 5.74) is 2.57. The van der Waals surface area contributed by atoms with E-state index in [0.29, 0.717) is 30.5 Å². The number of nitrogens with zero attached hydrogens (tertiary/aromatic N) is 3. The number of methoxy groups -OCH3 is 1. The van der Waals surface area contributed by atoms with Crippen molar-refractivity contribution >= 4 is 22.5 Å². The van der Waals surface area contributed by atoms with Crippen molar-refractivity contribution in [2.24, 2.45) is 5.92 Å². The summed E-state index contributed by atoms with van der Waals surface area (Å²) in [6, 6.07) is 14.2. The molecule has 0 bridgehead atoms. The van der Waals surface area contributed by atoms with Crippen molar-refractivity contribution < 1.29 is 14.3 Å². The standard InChI is InChI=1S/C29H37N5O3/c1-4-34(15-16-36-3)14-8-11-28(35)33-26-17-24-19-30-20-31-25(24)18-27(26)37-29(23-12-13-23)32-21(2)22-9-6-5-7-10-22/h5-11,17-21,23,29,32H,4,12-16H2,1-3H3,(H,33,35)/t21-,29?/m1/s1. The molecule has 3 aromatic rings. The maximum Gasteiger partial charge on any atom is 0.248 e.